The van der Waals surface area contributed by atoms with Gasteiger partial charge >= 0.3 is 0 Å². The fourth-order valence-electron chi connectivity index (χ4n) is 2.88. The van der Waals surface area contributed by atoms with E-state index < -0.39 is 0 Å². The number of hydrogen-bond donors (Lipinski definition) is 0. The van der Waals surface area contributed by atoms with Gasteiger partial charge in [-0.15, -0.1) is 0 Å². The Morgan fingerprint density at radius 2 is 1.74 bits per heavy atom. The molecule has 0 atom stereocenters. The molecule has 0 N–H and O–H groups in total. The van der Waals surface area contributed by atoms with Crippen molar-refractivity contribution in [2.24, 2.45) is 0 Å². The number of anilines is 1. The zero-order chi connectivity index (χ0) is 20.1. The SMILES string of the molecule is C=C(OF)c1cnc2c(-c3cc(Cl)cc(Cl)c3)cccc2c1N(C)C.CC. The van der Waals surface area contributed by atoms with Gasteiger partial charge in [-0.2, -0.15) is 0 Å². The van der Waals surface area contributed by atoms with E-state index in [2.05, 4.69) is 16.5 Å². The van der Waals surface area contributed by atoms with Crippen molar-refractivity contribution in [3.05, 3.63) is 64.8 Å². The van der Waals surface area contributed by atoms with Crippen LogP contribution in [0.4, 0.5) is 10.2 Å². The van der Waals surface area contributed by atoms with E-state index in [9.17, 15) is 4.53 Å². The monoisotopic (exact) mass is 406 g/mol. The van der Waals surface area contributed by atoms with Gasteiger partial charge in [0.25, 0.3) is 0 Å². The van der Waals surface area contributed by atoms with E-state index in [0.717, 1.165) is 27.7 Å². The topological polar surface area (TPSA) is 25.4 Å². The summed E-state index contributed by atoms with van der Waals surface area (Å²) in [6.45, 7) is 7.60. The summed E-state index contributed by atoms with van der Waals surface area (Å²) in [7, 11) is 3.74. The zero-order valence-electron chi connectivity index (χ0n) is 15.7. The summed E-state index contributed by atoms with van der Waals surface area (Å²) in [5.74, 6) is -0.0886. The predicted molar refractivity (Wildman–Crippen MR) is 114 cm³/mol. The van der Waals surface area contributed by atoms with Gasteiger partial charge in [-0.3, -0.25) is 9.93 Å². The minimum Gasteiger partial charge on any atom is -0.376 e. The van der Waals surface area contributed by atoms with E-state index in [-0.39, 0.29) is 5.76 Å². The molecule has 0 aliphatic carbocycles. The van der Waals surface area contributed by atoms with Gasteiger partial charge in [0.15, 0.2) is 5.76 Å². The lowest BCUT2D eigenvalue weighted by molar-refractivity contribution is -0.0416. The molecule has 0 aliphatic heterocycles. The Hall–Kier alpha value is -2.30. The first kappa shape index (κ1) is 21.0. The van der Waals surface area contributed by atoms with Crippen LogP contribution in [0.3, 0.4) is 0 Å². The van der Waals surface area contributed by atoms with Gasteiger partial charge in [-0.25, -0.2) is 0 Å². The maximum Gasteiger partial charge on any atom is 0.175 e. The number of benzene rings is 2. The lowest BCUT2D eigenvalue weighted by Crippen LogP contribution is -2.12. The first-order valence-electron chi connectivity index (χ1n) is 8.45. The van der Waals surface area contributed by atoms with Gasteiger partial charge in [-0.05, 0) is 23.8 Å². The molecule has 0 unspecified atom stereocenters. The second-order valence-corrected chi connectivity index (χ2v) is 6.65. The van der Waals surface area contributed by atoms with E-state index in [4.69, 9.17) is 23.2 Å². The first-order valence-corrected chi connectivity index (χ1v) is 9.21. The van der Waals surface area contributed by atoms with Gasteiger partial charge in [-0.1, -0.05) is 61.8 Å². The number of nitrogens with zero attached hydrogens (tertiary/aromatic N) is 2. The van der Waals surface area contributed by atoms with Crippen LogP contribution in [0.2, 0.25) is 10.0 Å². The molecule has 3 aromatic rings. The Kier molecular flexibility index (Phi) is 7.05. The summed E-state index contributed by atoms with van der Waals surface area (Å²) in [5, 5.41) is 1.93. The molecule has 3 rings (SSSR count). The molecular weight excluding hydrogens is 386 g/mol. The van der Waals surface area contributed by atoms with Crippen LogP contribution >= 0.6 is 23.2 Å². The van der Waals surface area contributed by atoms with Crippen LogP contribution < -0.4 is 4.90 Å². The molecule has 0 aliphatic rings. The van der Waals surface area contributed by atoms with Crippen LogP contribution in [0, 0.1) is 0 Å². The standard InChI is InChI=1S/C19H15Cl2FN2O.C2H6/c1-11(25-22)17-10-23-18-15(12-7-13(20)9-14(21)8-12)5-4-6-16(18)19(17)24(2)3;1-2/h4-10H,1H2,2-3H3;1-2H3. The highest BCUT2D eigenvalue weighted by atomic mass is 35.5. The van der Waals surface area contributed by atoms with Gasteiger partial charge in [0, 0.05) is 45.8 Å². The molecule has 27 heavy (non-hydrogen) atoms. The van der Waals surface area contributed by atoms with Crippen LogP contribution in [0.5, 0.6) is 0 Å². The van der Waals surface area contributed by atoms with Crippen molar-refractivity contribution in [3.63, 3.8) is 0 Å². The Bertz CT molecular complexity index is 954. The third kappa shape index (κ3) is 4.34. The molecule has 6 heteroatoms. The number of aromatic nitrogens is 1. The van der Waals surface area contributed by atoms with E-state index in [1.165, 1.54) is 0 Å². The summed E-state index contributed by atoms with van der Waals surface area (Å²) in [5.41, 5.74) is 3.74. The third-order valence-electron chi connectivity index (χ3n) is 3.88. The lowest BCUT2D eigenvalue weighted by Gasteiger charge is -2.20. The summed E-state index contributed by atoms with van der Waals surface area (Å²) in [4.78, 5) is 10.2. The fourth-order valence-corrected chi connectivity index (χ4v) is 3.40. The minimum absolute atomic E-state index is 0.0886. The van der Waals surface area contributed by atoms with Crippen LogP contribution in [0.15, 0.2) is 49.2 Å². The van der Waals surface area contributed by atoms with Crippen LogP contribution in [-0.4, -0.2) is 19.1 Å². The van der Waals surface area contributed by atoms with Crippen LogP contribution in [-0.2, 0) is 4.94 Å². The normalized spacial score (nSPS) is 10.2. The molecule has 142 valence electrons. The quantitative estimate of drug-likeness (QED) is 0.429. The molecule has 0 spiro atoms. The van der Waals surface area contributed by atoms with Crippen molar-refractivity contribution >= 4 is 45.6 Å². The molecule has 1 heterocycles. The number of para-hydroxylation sites is 1. The Labute approximate surface area is 168 Å². The lowest BCUT2D eigenvalue weighted by atomic mass is 9.99. The summed E-state index contributed by atoms with van der Waals surface area (Å²) in [6, 6.07) is 11.1. The number of halogens is 3. The van der Waals surface area contributed by atoms with Crippen molar-refractivity contribution in [2.75, 3.05) is 19.0 Å². The Balaban J connectivity index is 0.00000126. The van der Waals surface area contributed by atoms with Crippen molar-refractivity contribution < 1.29 is 9.47 Å². The Morgan fingerprint density at radius 3 is 2.30 bits per heavy atom. The fraction of sp³-hybridized carbons (Fsp3) is 0.190. The van der Waals surface area contributed by atoms with Crippen molar-refractivity contribution in [3.8, 4) is 11.1 Å². The molecule has 0 bridgehead atoms. The number of hydrogen-bond acceptors (Lipinski definition) is 3. The highest BCUT2D eigenvalue weighted by Crippen LogP contribution is 2.38. The summed E-state index contributed by atoms with van der Waals surface area (Å²) < 4.78 is 12.7. The molecule has 1 aromatic heterocycles. The largest absolute Gasteiger partial charge is 0.376 e. The number of pyridine rings is 1. The van der Waals surface area contributed by atoms with E-state index in [1.54, 1.807) is 12.3 Å². The maximum atomic E-state index is 12.7. The predicted octanol–water partition coefficient (Wildman–Crippen LogP) is 7.17. The average molecular weight is 407 g/mol. The molecule has 0 saturated carbocycles. The molecule has 2 aromatic carbocycles. The second kappa shape index (κ2) is 9.07. The molecule has 0 fully saturated rings. The van der Waals surface area contributed by atoms with Crippen molar-refractivity contribution in [1.82, 2.24) is 4.98 Å². The second-order valence-electron chi connectivity index (χ2n) is 5.78. The molecule has 0 saturated heterocycles. The van der Waals surface area contributed by atoms with Crippen LogP contribution in [0.1, 0.15) is 19.4 Å². The molecule has 0 radical (unpaired) electrons. The average Bonchev–Trinajstić information content (AvgIpc) is 2.66. The highest BCUT2D eigenvalue weighted by Gasteiger charge is 2.17. The molecular formula is C21H21Cl2FN2O. The van der Waals surface area contributed by atoms with Crippen molar-refractivity contribution in [1.29, 1.82) is 0 Å². The minimum atomic E-state index is -0.0886. The van der Waals surface area contributed by atoms with Gasteiger partial charge < -0.3 is 4.90 Å². The molecule has 3 nitrogen and oxygen atoms in total. The smallest absolute Gasteiger partial charge is 0.175 e. The summed E-state index contributed by atoms with van der Waals surface area (Å²) in [6.07, 6.45) is 1.55. The number of rotatable bonds is 4. The highest BCUT2D eigenvalue weighted by molar-refractivity contribution is 6.35. The maximum absolute atomic E-state index is 12.7. The van der Waals surface area contributed by atoms with Gasteiger partial charge in [0.1, 0.15) is 0 Å². The number of fused-ring (bicyclic) bond motifs is 1. The Morgan fingerprint density at radius 1 is 1.11 bits per heavy atom. The van der Waals surface area contributed by atoms with E-state index >= 15 is 0 Å². The first-order chi connectivity index (χ1) is 12.9. The van der Waals surface area contributed by atoms with E-state index in [1.807, 2.05) is 63.2 Å². The molecule has 0 amide bonds. The van der Waals surface area contributed by atoms with Crippen LogP contribution in [0.25, 0.3) is 27.8 Å². The van der Waals surface area contributed by atoms with Gasteiger partial charge in [0.2, 0.25) is 0 Å². The summed E-state index contributed by atoms with van der Waals surface area (Å²) >= 11 is 12.3. The van der Waals surface area contributed by atoms with E-state index in [0.29, 0.717) is 15.6 Å². The van der Waals surface area contributed by atoms with Crippen molar-refractivity contribution in [2.45, 2.75) is 13.8 Å². The zero-order valence-corrected chi connectivity index (χ0v) is 17.2. The third-order valence-corrected chi connectivity index (χ3v) is 4.32. The van der Waals surface area contributed by atoms with Gasteiger partial charge in [0.05, 0.1) is 16.8 Å².